The number of amides is 2. The van der Waals surface area contributed by atoms with Gasteiger partial charge in [0.25, 0.3) is 11.8 Å². The predicted molar refractivity (Wildman–Crippen MR) is 143 cm³/mol. The van der Waals surface area contributed by atoms with E-state index in [4.69, 9.17) is 9.47 Å². The molecule has 0 saturated heterocycles. The number of hydrogen-bond donors (Lipinski definition) is 2. The van der Waals surface area contributed by atoms with Crippen LogP contribution in [0.15, 0.2) is 84.9 Å². The van der Waals surface area contributed by atoms with Crippen LogP contribution in [0.5, 0.6) is 11.5 Å². The molecule has 0 atom stereocenters. The molecule has 182 valence electrons. The molecule has 0 aliphatic heterocycles. The lowest BCUT2D eigenvalue weighted by Crippen LogP contribution is -2.13. The molecule has 36 heavy (non-hydrogen) atoms. The van der Waals surface area contributed by atoms with Crippen LogP contribution in [0.25, 0.3) is 11.1 Å². The van der Waals surface area contributed by atoms with Gasteiger partial charge in [-0.3, -0.25) is 9.59 Å². The Kier molecular flexibility index (Phi) is 7.35. The summed E-state index contributed by atoms with van der Waals surface area (Å²) in [6, 6.07) is 25.9. The second kappa shape index (κ2) is 10.8. The Hall–Kier alpha value is -4.58. The number of ether oxygens (including phenoxy) is 2. The molecule has 2 N–H and O–H groups in total. The summed E-state index contributed by atoms with van der Waals surface area (Å²) in [5.41, 5.74) is 6.19. The maximum atomic E-state index is 12.7. The Morgan fingerprint density at radius 1 is 0.556 bits per heavy atom. The van der Waals surface area contributed by atoms with Gasteiger partial charge in [0.15, 0.2) is 0 Å². The lowest BCUT2D eigenvalue weighted by Gasteiger charge is -2.15. The number of aryl methyl sites for hydroxylation is 2. The molecule has 6 heteroatoms. The smallest absolute Gasteiger partial charge is 0.255 e. The van der Waals surface area contributed by atoms with Crippen molar-refractivity contribution in [2.45, 2.75) is 13.8 Å². The summed E-state index contributed by atoms with van der Waals surface area (Å²) in [5, 5.41) is 5.82. The summed E-state index contributed by atoms with van der Waals surface area (Å²) in [7, 11) is 3.12. The van der Waals surface area contributed by atoms with Gasteiger partial charge in [-0.25, -0.2) is 0 Å². The van der Waals surface area contributed by atoms with Gasteiger partial charge in [0.1, 0.15) is 11.5 Å². The minimum Gasteiger partial charge on any atom is -0.495 e. The molecular weight excluding hydrogens is 452 g/mol. The molecule has 0 fully saturated rings. The second-order valence-corrected chi connectivity index (χ2v) is 8.47. The van der Waals surface area contributed by atoms with Gasteiger partial charge in [0, 0.05) is 11.1 Å². The third-order valence-corrected chi connectivity index (χ3v) is 5.86. The average molecular weight is 481 g/mol. The van der Waals surface area contributed by atoms with Crippen LogP contribution in [0.2, 0.25) is 0 Å². The summed E-state index contributed by atoms with van der Waals surface area (Å²) in [6.45, 7) is 3.95. The Morgan fingerprint density at radius 3 is 1.25 bits per heavy atom. The molecule has 4 rings (SSSR count). The van der Waals surface area contributed by atoms with E-state index in [1.54, 1.807) is 50.6 Å². The number of carbonyl (C=O) groups is 2. The summed E-state index contributed by atoms with van der Waals surface area (Å²) >= 11 is 0. The van der Waals surface area contributed by atoms with Crippen molar-refractivity contribution >= 4 is 23.2 Å². The highest BCUT2D eigenvalue weighted by Crippen LogP contribution is 2.35. The Bertz CT molecular complexity index is 1280. The molecule has 0 saturated carbocycles. The zero-order valence-electron chi connectivity index (χ0n) is 20.7. The third-order valence-electron chi connectivity index (χ3n) is 5.86. The zero-order valence-corrected chi connectivity index (χ0v) is 20.7. The SMILES string of the molecule is COc1cc(-c2ccc(NC(=O)c3ccc(C)cc3)c(OC)c2)ccc1NC(=O)c1ccc(C)cc1. The van der Waals surface area contributed by atoms with E-state index in [9.17, 15) is 9.59 Å². The van der Waals surface area contributed by atoms with E-state index in [-0.39, 0.29) is 11.8 Å². The largest absolute Gasteiger partial charge is 0.495 e. The van der Waals surface area contributed by atoms with E-state index >= 15 is 0 Å². The van der Waals surface area contributed by atoms with Crippen molar-refractivity contribution < 1.29 is 19.1 Å². The summed E-state index contributed by atoms with van der Waals surface area (Å²) < 4.78 is 11.1. The van der Waals surface area contributed by atoms with Crippen LogP contribution >= 0.6 is 0 Å². The van der Waals surface area contributed by atoms with E-state index < -0.39 is 0 Å². The van der Waals surface area contributed by atoms with E-state index in [1.165, 1.54) is 0 Å². The minimum absolute atomic E-state index is 0.212. The van der Waals surface area contributed by atoms with Gasteiger partial charge >= 0.3 is 0 Å². The number of benzene rings is 4. The standard InChI is InChI=1S/C30H28N2O4/c1-19-5-9-21(10-6-19)29(33)31-25-15-13-23(17-27(25)35-3)24-14-16-26(28(18-24)36-4)32-30(34)22-11-7-20(2)8-12-22/h5-18H,1-4H3,(H,31,33)(H,32,34). The highest BCUT2D eigenvalue weighted by atomic mass is 16.5. The molecule has 6 nitrogen and oxygen atoms in total. The molecule has 0 spiro atoms. The molecule has 0 radical (unpaired) electrons. The van der Waals surface area contributed by atoms with Crippen LogP contribution in [0.1, 0.15) is 31.8 Å². The third kappa shape index (κ3) is 5.55. The van der Waals surface area contributed by atoms with Gasteiger partial charge in [-0.2, -0.15) is 0 Å². The summed E-state index contributed by atoms with van der Waals surface area (Å²) in [6.07, 6.45) is 0. The minimum atomic E-state index is -0.212. The van der Waals surface area contributed by atoms with Crippen LogP contribution in [-0.4, -0.2) is 26.0 Å². The van der Waals surface area contributed by atoms with Crippen molar-refractivity contribution in [3.63, 3.8) is 0 Å². The maximum Gasteiger partial charge on any atom is 0.255 e. The number of methoxy groups -OCH3 is 2. The molecule has 0 aliphatic carbocycles. The topological polar surface area (TPSA) is 76.7 Å². The fraction of sp³-hybridized carbons (Fsp3) is 0.133. The monoisotopic (exact) mass is 480 g/mol. The second-order valence-electron chi connectivity index (χ2n) is 8.47. The molecule has 0 aliphatic rings. The Morgan fingerprint density at radius 2 is 0.917 bits per heavy atom. The number of hydrogen-bond acceptors (Lipinski definition) is 4. The molecule has 2 amide bonds. The first-order valence-corrected chi connectivity index (χ1v) is 11.5. The first-order chi connectivity index (χ1) is 17.4. The number of carbonyl (C=O) groups excluding carboxylic acids is 2. The summed E-state index contributed by atoms with van der Waals surface area (Å²) in [4.78, 5) is 25.3. The normalized spacial score (nSPS) is 10.4. The number of rotatable bonds is 7. The zero-order chi connectivity index (χ0) is 25.7. The fourth-order valence-electron chi connectivity index (χ4n) is 3.75. The van der Waals surface area contributed by atoms with Crippen LogP contribution in [0.4, 0.5) is 11.4 Å². The highest BCUT2D eigenvalue weighted by Gasteiger charge is 2.14. The molecular formula is C30H28N2O4. The first-order valence-electron chi connectivity index (χ1n) is 11.5. The van der Waals surface area contributed by atoms with Crippen LogP contribution in [-0.2, 0) is 0 Å². The van der Waals surface area contributed by atoms with Gasteiger partial charge < -0.3 is 20.1 Å². The molecule has 0 bridgehead atoms. The number of nitrogens with one attached hydrogen (secondary N) is 2. The van der Waals surface area contributed by atoms with E-state index in [1.807, 2.05) is 62.4 Å². The molecule has 0 unspecified atom stereocenters. The van der Waals surface area contributed by atoms with Crippen LogP contribution in [0, 0.1) is 13.8 Å². The first kappa shape index (κ1) is 24.5. The average Bonchev–Trinajstić information content (AvgIpc) is 2.89. The van der Waals surface area contributed by atoms with Crippen LogP contribution < -0.4 is 20.1 Å². The summed E-state index contributed by atoms with van der Waals surface area (Å²) in [5.74, 6) is 0.639. The van der Waals surface area contributed by atoms with Crippen molar-refractivity contribution in [2.75, 3.05) is 24.9 Å². The Labute approximate surface area is 210 Å². The molecule has 4 aromatic carbocycles. The lowest BCUT2D eigenvalue weighted by atomic mass is 10.0. The van der Waals surface area contributed by atoms with Crippen molar-refractivity contribution in [2.24, 2.45) is 0 Å². The Balaban J connectivity index is 1.55. The quantitative estimate of drug-likeness (QED) is 0.317. The molecule has 0 heterocycles. The number of anilines is 2. The molecule has 0 aromatic heterocycles. The van der Waals surface area contributed by atoms with Crippen LogP contribution in [0.3, 0.4) is 0 Å². The van der Waals surface area contributed by atoms with Crippen molar-refractivity contribution in [3.05, 3.63) is 107 Å². The van der Waals surface area contributed by atoms with Gasteiger partial charge in [0.2, 0.25) is 0 Å². The van der Waals surface area contributed by atoms with E-state index in [0.717, 1.165) is 22.3 Å². The van der Waals surface area contributed by atoms with Crippen molar-refractivity contribution in [1.29, 1.82) is 0 Å². The maximum absolute atomic E-state index is 12.7. The van der Waals surface area contributed by atoms with Crippen molar-refractivity contribution in [1.82, 2.24) is 0 Å². The van der Waals surface area contributed by atoms with Gasteiger partial charge in [-0.1, -0.05) is 47.5 Å². The van der Waals surface area contributed by atoms with Gasteiger partial charge in [-0.15, -0.1) is 0 Å². The van der Waals surface area contributed by atoms with Crippen molar-refractivity contribution in [3.8, 4) is 22.6 Å². The van der Waals surface area contributed by atoms with E-state index in [2.05, 4.69) is 10.6 Å². The lowest BCUT2D eigenvalue weighted by molar-refractivity contribution is 0.101. The fourth-order valence-corrected chi connectivity index (χ4v) is 3.75. The molecule has 4 aromatic rings. The highest BCUT2D eigenvalue weighted by molar-refractivity contribution is 6.06. The van der Waals surface area contributed by atoms with Gasteiger partial charge in [0.05, 0.1) is 25.6 Å². The van der Waals surface area contributed by atoms with Gasteiger partial charge in [-0.05, 0) is 73.5 Å². The predicted octanol–water partition coefficient (Wildman–Crippen LogP) is 6.49. The van der Waals surface area contributed by atoms with E-state index in [0.29, 0.717) is 34.0 Å².